The number of ether oxygens (including phenoxy) is 1. The van der Waals surface area contributed by atoms with Gasteiger partial charge in [0.2, 0.25) is 0 Å². The number of rotatable bonds is 9. The van der Waals surface area contributed by atoms with Crippen LogP contribution in [0.2, 0.25) is 0 Å². The maximum Gasteiger partial charge on any atom is 0.320 e. The van der Waals surface area contributed by atoms with E-state index in [1.54, 1.807) is 12.4 Å². The summed E-state index contributed by atoms with van der Waals surface area (Å²) in [6.07, 6.45) is 7.89. The second kappa shape index (κ2) is 8.16. The molecule has 154 valence electrons. The molecule has 3 N–H and O–H groups in total. The Hall–Kier alpha value is -3.01. The summed E-state index contributed by atoms with van der Waals surface area (Å²) in [6.45, 7) is 3.62. The molecule has 29 heavy (non-hydrogen) atoms. The van der Waals surface area contributed by atoms with Crippen LogP contribution in [0.3, 0.4) is 0 Å². The van der Waals surface area contributed by atoms with Crippen molar-refractivity contribution in [2.24, 2.45) is 0 Å². The number of aromatic hydroxyl groups is 1. The number of hydrogen-bond acceptors (Lipinski definition) is 9. The number of hydrogen-bond donors (Lipinski definition) is 2. The molecular weight excluding hydrogens is 372 g/mol. The second-order valence-corrected chi connectivity index (χ2v) is 7.41. The van der Waals surface area contributed by atoms with Crippen molar-refractivity contribution in [1.29, 1.82) is 0 Å². The number of aromatic nitrogens is 6. The van der Waals surface area contributed by atoms with Crippen molar-refractivity contribution in [2.75, 3.05) is 19.4 Å². The van der Waals surface area contributed by atoms with Gasteiger partial charge in [0.1, 0.15) is 0 Å². The highest BCUT2D eigenvalue weighted by Crippen LogP contribution is 2.27. The fourth-order valence-electron chi connectivity index (χ4n) is 3.11. The molecule has 4 rings (SSSR count). The van der Waals surface area contributed by atoms with E-state index in [9.17, 15) is 5.11 Å². The van der Waals surface area contributed by atoms with E-state index in [1.165, 1.54) is 17.4 Å². The topological polar surface area (TPSA) is 128 Å². The van der Waals surface area contributed by atoms with Crippen molar-refractivity contribution in [3.63, 3.8) is 0 Å². The average Bonchev–Trinajstić information content (AvgIpc) is 3.50. The molecular formula is C19H26N8O2. The van der Waals surface area contributed by atoms with Gasteiger partial charge >= 0.3 is 6.01 Å². The van der Waals surface area contributed by atoms with Gasteiger partial charge < -0.3 is 15.6 Å². The van der Waals surface area contributed by atoms with Crippen molar-refractivity contribution >= 4 is 17.0 Å². The zero-order chi connectivity index (χ0) is 20.4. The molecule has 3 aromatic heterocycles. The first-order valence-electron chi connectivity index (χ1n) is 9.90. The van der Waals surface area contributed by atoms with Crippen LogP contribution in [0.5, 0.6) is 12.0 Å². The predicted octanol–water partition coefficient (Wildman–Crippen LogP) is 1.73. The van der Waals surface area contributed by atoms with E-state index in [4.69, 9.17) is 10.5 Å². The van der Waals surface area contributed by atoms with Gasteiger partial charge in [-0.3, -0.25) is 19.4 Å². The number of imidazole rings is 1. The Morgan fingerprint density at radius 2 is 1.97 bits per heavy atom. The Morgan fingerprint density at radius 1 is 1.21 bits per heavy atom. The molecule has 0 bridgehead atoms. The Bertz CT molecular complexity index is 984. The fourth-order valence-corrected chi connectivity index (χ4v) is 3.11. The summed E-state index contributed by atoms with van der Waals surface area (Å²) in [7, 11) is 2.10. The van der Waals surface area contributed by atoms with Crippen molar-refractivity contribution in [2.45, 2.75) is 51.7 Å². The number of unbranched alkanes of at least 4 members (excludes halogenated alkanes) is 1. The molecule has 10 nitrogen and oxygen atoms in total. The minimum Gasteiger partial charge on any atom is -0.480 e. The van der Waals surface area contributed by atoms with Crippen LogP contribution in [0.1, 0.15) is 44.0 Å². The standard InChI is InChI=1S/C19H26N8O2/c1-3-4-7-29-18-24-16(20)15-17(25-18)27(19(28)23-15)11-13-9-21-12(8-22-13)10-26(2)14-5-6-14/h8-9,14H,3-7,10-11H2,1-2H3,(H,23,28)(H2,20,24,25). The Kier molecular flexibility index (Phi) is 5.43. The normalized spacial score (nSPS) is 14.0. The Labute approximate surface area is 168 Å². The van der Waals surface area contributed by atoms with Gasteiger partial charge in [-0.15, -0.1) is 0 Å². The van der Waals surface area contributed by atoms with Crippen LogP contribution in [-0.4, -0.2) is 59.2 Å². The third kappa shape index (κ3) is 4.37. The van der Waals surface area contributed by atoms with Crippen molar-refractivity contribution in [3.05, 3.63) is 23.8 Å². The molecule has 3 aromatic rings. The van der Waals surface area contributed by atoms with Gasteiger partial charge in [0, 0.05) is 12.6 Å². The lowest BCUT2D eigenvalue weighted by molar-refractivity contribution is 0.286. The van der Waals surface area contributed by atoms with Crippen LogP contribution in [0.25, 0.3) is 11.2 Å². The predicted molar refractivity (Wildman–Crippen MR) is 107 cm³/mol. The summed E-state index contributed by atoms with van der Waals surface area (Å²) in [5.41, 5.74) is 8.32. The first-order valence-corrected chi connectivity index (χ1v) is 9.90. The molecule has 1 aliphatic carbocycles. The summed E-state index contributed by atoms with van der Waals surface area (Å²) >= 11 is 0. The minimum absolute atomic E-state index is 0.167. The van der Waals surface area contributed by atoms with E-state index >= 15 is 0 Å². The molecule has 0 atom stereocenters. The van der Waals surface area contributed by atoms with Gasteiger partial charge in [-0.25, -0.2) is 0 Å². The van der Waals surface area contributed by atoms with Crippen LogP contribution >= 0.6 is 0 Å². The van der Waals surface area contributed by atoms with Gasteiger partial charge in [-0.1, -0.05) is 13.3 Å². The quantitative estimate of drug-likeness (QED) is 0.518. The molecule has 0 amide bonds. The van der Waals surface area contributed by atoms with E-state index in [1.807, 2.05) is 0 Å². The molecule has 0 radical (unpaired) electrons. The Balaban J connectivity index is 1.54. The summed E-state index contributed by atoms with van der Waals surface area (Å²) in [5, 5.41) is 10.3. The molecule has 1 aliphatic rings. The molecule has 10 heteroatoms. The molecule has 1 fully saturated rings. The van der Waals surface area contributed by atoms with Crippen molar-refractivity contribution < 1.29 is 9.84 Å². The van der Waals surface area contributed by atoms with Crippen LogP contribution in [0.4, 0.5) is 5.82 Å². The largest absolute Gasteiger partial charge is 0.480 e. The van der Waals surface area contributed by atoms with Gasteiger partial charge in [0.05, 0.1) is 36.9 Å². The van der Waals surface area contributed by atoms with E-state index in [2.05, 4.69) is 43.8 Å². The van der Waals surface area contributed by atoms with Crippen LogP contribution in [0, 0.1) is 0 Å². The van der Waals surface area contributed by atoms with Crippen LogP contribution in [0.15, 0.2) is 12.4 Å². The SMILES string of the molecule is CCCCOc1nc(N)c2nc(O)n(Cc3cnc(CN(C)C4CC4)cn3)c2n1. The highest BCUT2D eigenvalue weighted by molar-refractivity contribution is 5.83. The smallest absolute Gasteiger partial charge is 0.320 e. The molecule has 0 unspecified atom stereocenters. The molecule has 0 aliphatic heterocycles. The summed E-state index contributed by atoms with van der Waals surface area (Å²) in [5.74, 6) is 0.167. The third-order valence-electron chi connectivity index (χ3n) is 4.97. The third-order valence-corrected chi connectivity index (χ3v) is 4.97. The number of anilines is 1. The van der Waals surface area contributed by atoms with Gasteiger partial charge in [-0.2, -0.15) is 15.0 Å². The molecule has 0 aromatic carbocycles. The highest BCUT2D eigenvalue weighted by atomic mass is 16.5. The Morgan fingerprint density at radius 3 is 2.66 bits per heavy atom. The lowest BCUT2D eigenvalue weighted by atomic mass is 10.3. The minimum atomic E-state index is -0.203. The first kappa shape index (κ1) is 19.3. The van der Waals surface area contributed by atoms with Crippen LogP contribution < -0.4 is 10.5 Å². The van der Waals surface area contributed by atoms with E-state index in [-0.39, 0.29) is 24.4 Å². The number of nitrogen functional groups attached to an aromatic ring is 1. The zero-order valence-corrected chi connectivity index (χ0v) is 16.7. The fraction of sp³-hybridized carbons (Fsp3) is 0.526. The van der Waals surface area contributed by atoms with Gasteiger partial charge in [-0.05, 0) is 26.3 Å². The maximum absolute atomic E-state index is 10.3. The second-order valence-electron chi connectivity index (χ2n) is 7.41. The summed E-state index contributed by atoms with van der Waals surface area (Å²) in [6, 6.07) is 0.643. The number of nitrogens with zero attached hydrogens (tertiary/aromatic N) is 7. The first-order chi connectivity index (χ1) is 14.0. The highest BCUT2D eigenvalue weighted by Gasteiger charge is 2.26. The molecule has 0 saturated heterocycles. The van der Waals surface area contributed by atoms with Gasteiger partial charge in [0.25, 0.3) is 6.01 Å². The molecule has 3 heterocycles. The van der Waals surface area contributed by atoms with E-state index in [0.717, 1.165) is 25.1 Å². The monoisotopic (exact) mass is 398 g/mol. The molecule has 0 spiro atoms. The maximum atomic E-state index is 10.3. The molecule has 1 saturated carbocycles. The zero-order valence-electron chi connectivity index (χ0n) is 16.7. The van der Waals surface area contributed by atoms with Crippen molar-refractivity contribution in [3.8, 4) is 12.0 Å². The average molecular weight is 398 g/mol. The van der Waals surface area contributed by atoms with E-state index < -0.39 is 0 Å². The summed E-state index contributed by atoms with van der Waals surface area (Å²) in [4.78, 5) is 23.9. The summed E-state index contributed by atoms with van der Waals surface area (Å²) < 4.78 is 7.10. The van der Waals surface area contributed by atoms with E-state index in [0.29, 0.717) is 29.5 Å². The number of fused-ring (bicyclic) bond motifs is 1. The number of nitrogens with two attached hydrogens (primary N) is 1. The lowest BCUT2D eigenvalue weighted by Crippen LogP contribution is -2.20. The van der Waals surface area contributed by atoms with Crippen molar-refractivity contribution in [1.82, 2.24) is 34.4 Å². The lowest BCUT2D eigenvalue weighted by Gasteiger charge is -2.14. The van der Waals surface area contributed by atoms with Gasteiger partial charge in [0.15, 0.2) is 17.0 Å². The van der Waals surface area contributed by atoms with Crippen LogP contribution in [-0.2, 0) is 13.1 Å².